The number of aliphatic hydroxyl groups excluding tert-OH is 1. The highest BCUT2D eigenvalue weighted by Crippen LogP contribution is 2.14. The van der Waals surface area contributed by atoms with E-state index in [1.54, 1.807) is 0 Å². The molecule has 0 aliphatic carbocycles. The number of benzene rings is 1. The molecule has 102 valence electrons. The predicted octanol–water partition coefficient (Wildman–Crippen LogP) is 2.29. The molecule has 0 saturated heterocycles. The zero-order chi connectivity index (χ0) is 13.7. The van der Waals surface area contributed by atoms with Gasteiger partial charge in [-0.1, -0.05) is 30.3 Å². The molecular formula is C15H21N3O. The van der Waals surface area contributed by atoms with Crippen LogP contribution in [0.1, 0.15) is 37.2 Å². The fraction of sp³-hybridized carbons (Fsp3) is 0.400. The monoisotopic (exact) mass is 259 g/mol. The fourth-order valence-corrected chi connectivity index (χ4v) is 2.13. The Balaban J connectivity index is 2.02. The molecule has 2 N–H and O–H groups in total. The van der Waals surface area contributed by atoms with Crippen molar-refractivity contribution in [3.8, 4) is 0 Å². The normalized spacial score (nSPS) is 12.8. The van der Waals surface area contributed by atoms with E-state index in [1.165, 1.54) is 0 Å². The summed E-state index contributed by atoms with van der Waals surface area (Å²) in [6.45, 7) is 5.04. The third kappa shape index (κ3) is 3.43. The van der Waals surface area contributed by atoms with Crippen molar-refractivity contribution in [1.82, 2.24) is 14.9 Å². The van der Waals surface area contributed by atoms with Crippen LogP contribution in [0, 0.1) is 0 Å². The van der Waals surface area contributed by atoms with Gasteiger partial charge in [-0.05, 0) is 19.4 Å². The van der Waals surface area contributed by atoms with Gasteiger partial charge in [-0.25, -0.2) is 4.98 Å². The van der Waals surface area contributed by atoms with Crippen molar-refractivity contribution in [2.45, 2.75) is 32.5 Å². The van der Waals surface area contributed by atoms with E-state index in [0.29, 0.717) is 12.6 Å². The Morgan fingerprint density at radius 3 is 2.63 bits per heavy atom. The standard InChI is InChI=1S/C15H21N3O/c1-12(2)18-11-16-8-14(18)9-17-15(10-19)13-6-4-3-5-7-13/h3-8,11-12,15,17,19H,9-10H2,1-2H3. The van der Waals surface area contributed by atoms with Gasteiger partial charge in [-0.3, -0.25) is 0 Å². The molecule has 1 aromatic carbocycles. The van der Waals surface area contributed by atoms with Crippen LogP contribution in [0.3, 0.4) is 0 Å². The highest BCUT2D eigenvalue weighted by molar-refractivity contribution is 5.19. The zero-order valence-corrected chi connectivity index (χ0v) is 11.5. The molecule has 2 aromatic rings. The summed E-state index contributed by atoms with van der Waals surface area (Å²) >= 11 is 0. The summed E-state index contributed by atoms with van der Waals surface area (Å²) in [7, 11) is 0. The van der Waals surface area contributed by atoms with Crippen LogP contribution in [0.5, 0.6) is 0 Å². The molecule has 19 heavy (non-hydrogen) atoms. The second-order valence-electron chi connectivity index (χ2n) is 4.91. The van der Waals surface area contributed by atoms with Crippen LogP contribution < -0.4 is 5.32 Å². The maximum atomic E-state index is 9.50. The van der Waals surface area contributed by atoms with E-state index < -0.39 is 0 Å². The van der Waals surface area contributed by atoms with E-state index >= 15 is 0 Å². The average Bonchev–Trinajstić information content (AvgIpc) is 2.89. The van der Waals surface area contributed by atoms with Gasteiger partial charge in [0.15, 0.2) is 0 Å². The van der Waals surface area contributed by atoms with Crippen LogP contribution in [0.15, 0.2) is 42.9 Å². The first-order chi connectivity index (χ1) is 9.22. The van der Waals surface area contributed by atoms with Crippen molar-refractivity contribution in [3.63, 3.8) is 0 Å². The Hall–Kier alpha value is -1.65. The van der Waals surface area contributed by atoms with Crippen molar-refractivity contribution in [2.75, 3.05) is 6.61 Å². The molecule has 1 aromatic heterocycles. The molecule has 2 rings (SSSR count). The lowest BCUT2D eigenvalue weighted by Crippen LogP contribution is -2.25. The Morgan fingerprint density at radius 1 is 1.26 bits per heavy atom. The summed E-state index contributed by atoms with van der Waals surface area (Å²) in [6.07, 6.45) is 3.71. The summed E-state index contributed by atoms with van der Waals surface area (Å²) in [6, 6.07) is 10.3. The van der Waals surface area contributed by atoms with Crippen LogP contribution >= 0.6 is 0 Å². The van der Waals surface area contributed by atoms with E-state index in [9.17, 15) is 5.11 Å². The van der Waals surface area contributed by atoms with Crippen molar-refractivity contribution in [2.24, 2.45) is 0 Å². The highest BCUT2D eigenvalue weighted by Gasteiger charge is 2.11. The van der Waals surface area contributed by atoms with Crippen molar-refractivity contribution < 1.29 is 5.11 Å². The van der Waals surface area contributed by atoms with E-state index in [-0.39, 0.29) is 12.6 Å². The molecule has 1 heterocycles. The Labute approximate surface area is 114 Å². The van der Waals surface area contributed by atoms with Crippen molar-refractivity contribution in [3.05, 3.63) is 54.1 Å². The first kappa shape index (κ1) is 13.8. The number of aromatic nitrogens is 2. The predicted molar refractivity (Wildman–Crippen MR) is 75.7 cm³/mol. The van der Waals surface area contributed by atoms with Crippen LogP contribution in [-0.4, -0.2) is 21.3 Å². The summed E-state index contributed by atoms with van der Waals surface area (Å²) in [5.74, 6) is 0. The molecule has 4 heteroatoms. The number of rotatable bonds is 6. The molecule has 0 spiro atoms. The topological polar surface area (TPSA) is 50.1 Å². The van der Waals surface area contributed by atoms with Gasteiger partial charge in [-0.2, -0.15) is 0 Å². The van der Waals surface area contributed by atoms with Gasteiger partial charge in [-0.15, -0.1) is 0 Å². The average molecular weight is 259 g/mol. The van der Waals surface area contributed by atoms with Crippen LogP contribution in [0.4, 0.5) is 0 Å². The molecule has 0 fully saturated rings. The largest absolute Gasteiger partial charge is 0.394 e. The van der Waals surface area contributed by atoms with E-state index in [0.717, 1.165) is 11.3 Å². The van der Waals surface area contributed by atoms with E-state index in [2.05, 4.69) is 28.7 Å². The Bertz CT molecular complexity index is 493. The van der Waals surface area contributed by atoms with Crippen LogP contribution in [0.2, 0.25) is 0 Å². The number of hydrogen-bond acceptors (Lipinski definition) is 3. The van der Waals surface area contributed by atoms with Crippen LogP contribution in [-0.2, 0) is 6.54 Å². The lowest BCUT2D eigenvalue weighted by molar-refractivity contribution is 0.242. The molecule has 0 bridgehead atoms. The molecule has 1 unspecified atom stereocenters. The maximum absolute atomic E-state index is 9.50. The second-order valence-corrected chi connectivity index (χ2v) is 4.91. The quantitative estimate of drug-likeness (QED) is 0.837. The molecule has 0 radical (unpaired) electrons. The lowest BCUT2D eigenvalue weighted by atomic mass is 10.1. The minimum atomic E-state index is -0.0447. The van der Waals surface area contributed by atoms with Gasteiger partial charge in [0.2, 0.25) is 0 Å². The zero-order valence-electron chi connectivity index (χ0n) is 11.5. The second kappa shape index (κ2) is 6.50. The molecule has 0 aliphatic heterocycles. The Morgan fingerprint density at radius 2 is 2.00 bits per heavy atom. The first-order valence-corrected chi connectivity index (χ1v) is 6.62. The van der Waals surface area contributed by atoms with Crippen molar-refractivity contribution in [1.29, 1.82) is 0 Å². The first-order valence-electron chi connectivity index (χ1n) is 6.62. The van der Waals surface area contributed by atoms with Gasteiger partial charge in [0.05, 0.1) is 24.7 Å². The fourth-order valence-electron chi connectivity index (χ4n) is 2.13. The minimum Gasteiger partial charge on any atom is -0.394 e. The summed E-state index contributed by atoms with van der Waals surface area (Å²) < 4.78 is 2.13. The lowest BCUT2D eigenvalue weighted by Gasteiger charge is -2.18. The maximum Gasteiger partial charge on any atom is 0.0951 e. The number of imidazole rings is 1. The number of hydrogen-bond donors (Lipinski definition) is 2. The molecular weight excluding hydrogens is 238 g/mol. The SMILES string of the molecule is CC(C)n1cncc1CNC(CO)c1ccccc1. The summed E-state index contributed by atoms with van der Waals surface area (Å²) in [4.78, 5) is 4.18. The number of nitrogens with one attached hydrogen (secondary N) is 1. The van der Waals surface area contributed by atoms with Crippen molar-refractivity contribution >= 4 is 0 Å². The van der Waals surface area contributed by atoms with Gasteiger partial charge in [0, 0.05) is 18.8 Å². The van der Waals surface area contributed by atoms with Gasteiger partial charge in [0.25, 0.3) is 0 Å². The third-order valence-electron chi connectivity index (χ3n) is 3.22. The third-order valence-corrected chi connectivity index (χ3v) is 3.22. The molecule has 0 amide bonds. The Kier molecular flexibility index (Phi) is 4.71. The molecule has 0 aliphatic rings. The van der Waals surface area contributed by atoms with Gasteiger partial charge < -0.3 is 15.0 Å². The van der Waals surface area contributed by atoms with Gasteiger partial charge >= 0.3 is 0 Å². The summed E-state index contributed by atoms with van der Waals surface area (Å²) in [5, 5.41) is 12.9. The molecule has 4 nitrogen and oxygen atoms in total. The highest BCUT2D eigenvalue weighted by atomic mass is 16.3. The van der Waals surface area contributed by atoms with Crippen LogP contribution in [0.25, 0.3) is 0 Å². The summed E-state index contributed by atoms with van der Waals surface area (Å²) in [5.41, 5.74) is 2.23. The van der Waals surface area contributed by atoms with E-state index in [4.69, 9.17) is 0 Å². The number of nitrogens with zero attached hydrogens (tertiary/aromatic N) is 2. The van der Waals surface area contributed by atoms with E-state index in [1.807, 2.05) is 42.9 Å². The molecule has 0 saturated carbocycles. The van der Waals surface area contributed by atoms with Gasteiger partial charge in [0.1, 0.15) is 0 Å². The molecule has 1 atom stereocenters. The number of aliphatic hydroxyl groups is 1. The smallest absolute Gasteiger partial charge is 0.0951 e. The minimum absolute atomic E-state index is 0.0447.